The van der Waals surface area contributed by atoms with Crippen LogP contribution >= 0.6 is 23.2 Å². The van der Waals surface area contributed by atoms with Gasteiger partial charge in [-0.2, -0.15) is 10.2 Å². The van der Waals surface area contributed by atoms with Crippen LogP contribution < -0.4 is 5.43 Å². The van der Waals surface area contributed by atoms with Crippen LogP contribution in [0.3, 0.4) is 0 Å². The minimum absolute atomic E-state index is 0.0893. The number of nitrogens with zero attached hydrogens (tertiary/aromatic N) is 2. The van der Waals surface area contributed by atoms with Crippen molar-refractivity contribution in [3.8, 4) is 17.0 Å². The molecule has 6 nitrogen and oxygen atoms in total. The van der Waals surface area contributed by atoms with E-state index in [4.69, 9.17) is 23.2 Å². The minimum Gasteiger partial charge on any atom is -0.507 e. The first kappa shape index (κ1) is 18.0. The van der Waals surface area contributed by atoms with E-state index in [9.17, 15) is 9.90 Å². The van der Waals surface area contributed by atoms with Crippen LogP contribution in [-0.4, -0.2) is 26.9 Å². The highest BCUT2D eigenvalue weighted by Crippen LogP contribution is 2.27. The largest absolute Gasteiger partial charge is 0.507 e. The molecule has 26 heavy (non-hydrogen) atoms. The Morgan fingerprint density at radius 2 is 1.92 bits per heavy atom. The summed E-state index contributed by atoms with van der Waals surface area (Å²) in [6, 6.07) is 13.4. The van der Waals surface area contributed by atoms with Crippen LogP contribution in [0.5, 0.6) is 5.75 Å². The summed E-state index contributed by atoms with van der Waals surface area (Å²) in [6.07, 6.45) is 0. The van der Waals surface area contributed by atoms with Gasteiger partial charge in [0.25, 0.3) is 5.91 Å². The number of H-pyrrole nitrogens is 1. The summed E-state index contributed by atoms with van der Waals surface area (Å²) in [5.74, 6) is -0.370. The van der Waals surface area contributed by atoms with Crippen molar-refractivity contribution in [2.45, 2.75) is 6.92 Å². The van der Waals surface area contributed by atoms with Gasteiger partial charge in [-0.15, -0.1) is 0 Å². The van der Waals surface area contributed by atoms with E-state index in [1.54, 1.807) is 55.5 Å². The van der Waals surface area contributed by atoms with Crippen LogP contribution in [0.15, 0.2) is 53.6 Å². The minimum atomic E-state index is -0.460. The molecule has 3 aromatic rings. The molecule has 2 aromatic carbocycles. The fourth-order valence-electron chi connectivity index (χ4n) is 2.28. The molecule has 1 heterocycles. The Bertz CT molecular complexity index is 998. The van der Waals surface area contributed by atoms with Crippen molar-refractivity contribution in [3.63, 3.8) is 0 Å². The van der Waals surface area contributed by atoms with Crippen molar-refractivity contribution in [3.05, 3.63) is 69.8 Å². The third-order valence-electron chi connectivity index (χ3n) is 3.66. The predicted molar refractivity (Wildman–Crippen MR) is 102 cm³/mol. The van der Waals surface area contributed by atoms with Crippen molar-refractivity contribution in [2.75, 3.05) is 0 Å². The summed E-state index contributed by atoms with van der Waals surface area (Å²) in [5.41, 5.74) is 4.95. The third-order valence-corrected chi connectivity index (χ3v) is 4.40. The first-order valence-electron chi connectivity index (χ1n) is 7.59. The second-order valence-electron chi connectivity index (χ2n) is 5.45. The van der Waals surface area contributed by atoms with Crippen LogP contribution in [0.4, 0.5) is 0 Å². The maximum Gasteiger partial charge on any atom is 0.289 e. The fourth-order valence-corrected chi connectivity index (χ4v) is 2.57. The van der Waals surface area contributed by atoms with Crippen molar-refractivity contribution in [1.29, 1.82) is 0 Å². The fraction of sp³-hybridized carbons (Fsp3) is 0.0556. The highest BCUT2D eigenvalue weighted by Gasteiger charge is 2.12. The van der Waals surface area contributed by atoms with Crippen LogP contribution in [0.1, 0.15) is 23.0 Å². The maximum absolute atomic E-state index is 12.2. The standard InChI is InChI=1S/C18H14Cl2N4O2/c1-10(12-4-2-3-5-17(12)25)21-24-18(26)16-9-15(22-23-16)11-6-7-13(19)14(20)8-11/h2-9,25H,1H3,(H,22,23)(H,24,26). The van der Waals surface area contributed by atoms with E-state index in [0.29, 0.717) is 27.0 Å². The van der Waals surface area contributed by atoms with Gasteiger partial charge in [0.05, 0.1) is 21.5 Å². The van der Waals surface area contributed by atoms with Crippen molar-refractivity contribution in [2.24, 2.45) is 5.10 Å². The van der Waals surface area contributed by atoms with E-state index in [1.165, 1.54) is 0 Å². The zero-order chi connectivity index (χ0) is 18.7. The number of aromatic amines is 1. The number of nitrogens with one attached hydrogen (secondary N) is 2. The molecule has 0 aliphatic heterocycles. The molecule has 1 aromatic heterocycles. The summed E-state index contributed by atoms with van der Waals surface area (Å²) < 4.78 is 0. The van der Waals surface area contributed by atoms with Crippen molar-refractivity contribution < 1.29 is 9.90 Å². The number of carbonyl (C=O) groups is 1. The summed E-state index contributed by atoms with van der Waals surface area (Å²) >= 11 is 11.9. The number of amides is 1. The first-order valence-corrected chi connectivity index (χ1v) is 8.35. The van der Waals surface area contributed by atoms with Gasteiger partial charge < -0.3 is 5.11 Å². The van der Waals surface area contributed by atoms with Crippen LogP contribution in [-0.2, 0) is 0 Å². The Balaban J connectivity index is 1.75. The third kappa shape index (κ3) is 3.87. The number of hydrazone groups is 1. The molecule has 0 radical (unpaired) electrons. The zero-order valence-electron chi connectivity index (χ0n) is 13.6. The van der Waals surface area contributed by atoms with Gasteiger partial charge >= 0.3 is 0 Å². The number of phenolic OH excluding ortho intramolecular Hbond substituents is 1. The maximum atomic E-state index is 12.2. The molecule has 0 saturated carbocycles. The van der Waals surface area contributed by atoms with Gasteiger partial charge in [-0.1, -0.05) is 41.4 Å². The van der Waals surface area contributed by atoms with Crippen molar-refractivity contribution in [1.82, 2.24) is 15.6 Å². The number of carbonyl (C=O) groups excluding carboxylic acids is 1. The van der Waals surface area contributed by atoms with Gasteiger partial charge in [-0.05, 0) is 37.3 Å². The molecule has 3 rings (SSSR count). The Morgan fingerprint density at radius 1 is 1.15 bits per heavy atom. The topological polar surface area (TPSA) is 90.4 Å². The number of aromatic hydroxyl groups is 1. The molecular formula is C18H14Cl2N4O2. The Labute approximate surface area is 159 Å². The second-order valence-corrected chi connectivity index (χ2v) is 6.27. The molecule has 0 spiro atoms. The smallest absolute Gasteiger partial charge is 0.289 e. The van der Waals surface area contributed by atoms with E-state index in [-0.39, 0.29) is 11.4 Å². The number of halogens is 2. The van der Waals surface area contributed by atoms with E-state index >= 15 is 0 Å². The quantitative estimate of drug-likeness (QED) is 0.460. The molecule has 0 fully saturated rings. The molecule has 0 bridgehead atoms. The highest BCUT2D eigenvalue weighted by molar-refractivity contribution is 6.42. The number of hydrogen-bond acceptors (Lipinski definition) is 4. The number of para-hydroxylation sites is 1. The summed E-state index contributed by atoms with van der Waals surface area (Å²) in [7, 11) is 0. The molecule has 0 aliphatic rings. The summed E-state index contributed by atoms with van der Waals surface area (Å²) in [4.78, 5) is 12.2. The summed E-state index contributed by atoms with van der Waals surface area (Å²) in [6.45, 7) is 1.68. The lowest BCUT2D eigenvalue weighted by atomic mass is 10.1. The second kappa shape index (κ2) is 7.59. The molecule has 3 N–H and O–H groups in total. The number of rotatable bonds is 4. The number of phenols is 1. The van der Waals surface area contributed by atoms with Crippen LogP contribution in [0.25, 0.3) is 11.3 Å². The van der Waals surface area contributed by atoms with Gasteiger partial charge in [0, 0.05) is 11.1 Å². The number of hydrogen-bond donors (Lipinski definition) is 3. The average molecular weight is 389 g/mol. The monoisotopic (exact) mass is 388 g/mol. The predicted octanol–water partition coefficient (Wildman–Crippen LogP) is 4.24. The highest BCUT2D eigenvalue weighted by atomic mass is 35.5. The molecule has 0 atom stereocenters. The van der Waals surface area contributed by atoms with Gasteiger partial charge in [0.1, 0.15) is 11.4 Å². The van der Waals surface area contributed by atoms with Gasteiger partial charge in [-0.25, -0.2) is 5.43 Å². The molecule has 0 saturated heterocycles. The summed E-state index contributed by atoms with van der Waals surface area (Å²) in [5, 5.41) is 21.4. The molecule has 0 aliphatic carbocycles. The van der Waals surface area contributed by atoms with Crippen LogP contribution in [0, 0.1) is 0 Å². The molecule has 8 heteroatoms. The normalized spacial score (nSPS) is 11.4. The van der Waals surface area contributed by atoms with Gasteiger partial charge in [0.15, 0.2) is 0 Å². The van der Waals surface area contributed by atoms with Crippen molar-refractivity contribution >= 4 is 34.8 Å². The molecule has 1 amide bonds. The van der Waals surface area contributed by atoms with Crippen LogP contribution in [0.2, 0.25) is 10.0 Å². The number of benzene rings is 2. The Kier molecular flexibility index (Phi) is 5.25. The zero-order valence-corrected chi connectivity index (χ0v) is 15.1. The molecular weight excluding hydrogens is 375 g/mol. The number of aromatic nitrogens is 2. The Hall–Kier alpha value is -2.83. The van der Waals surface area contributed by atoms with E-state index in [1.807, 2.05) is 0 Å². The lowest BCUT2D eigenvalue weighted by Gasteiger charge is -2.03. The Morgan fingerprint density at radius 3 is 2.65 bits per heavy atom. The van der Waals surface area contributed by atoms with E-state index < -0.39 is 5.91 Å². The SMILES string of the molecule is CC(=NNC(=O)c1cc(-c2ccc(Cl)c(Cl)c2)n[nH]1)c1ccccc1O. The van der Waals surface area contributed by atoms with Gasteiger partial charge in [-0.3, -0.25) is 9.89 Å². The average Bonchev–Trinajstić information content (AvgIpc) is 3.12. The van der Waals surface area contributed by atoms with E-state index in [2.05, 4.69) is 20.7 Å². The van der Waals surface area contributed by atoms with E-state index in [0.717, 1.165) is 5.56 Å². The first-order chi connectivity index (χ1) is 12.5. The van der Waals surface area contributed by atoms with Gasteiger partial charge in [0.2, 0.25) is 0 Å². The lowest BCUT2D eigenvalue weighted by molar-refractivity contribution is 0.0950. The molecule has 132 valence electrons. The lowest BCUT2D eigenvalue weighted by Crippen LogP contribution is -2.19. The molecule has 0 unspecified atom stereocenters.